The molecular weight excluding hydrogens is 282 g/mol. The Labute approximate surface area is 132 Å². The predicted molar refractivity (Wildman–Crippen MR) is 85.6 cm³/mol. The van der Waals surface area contributed by atoms with Gasteiger partial charge in [-0.15, -0.1) is 0 Å². The minimum atomic E-state index is 0.429. The van der Waals surface area contributed by atoms with Crippen molar-refractivity contribution in [1.82, 2.24) is 15.1 Å². The Morgan fingerprint density at radius 2 is 2.05 bits per heavy atom. The van der Waals surface area contributed by atoms with Crippen LogP contribution in [0, 0.1) is 17.3 Å². The maximum Gasteiger partial charge on any atom is 0.0849 e. The third-order valence-electron chi connectivity index (χ3n) is 5.85. The van der Waals surface area contributed by atoms with Crippen LogP contribution < -0.4 is 5.32 Å². The van der Waals surface area contributed by atoms with Crippen molar-refractivity contribution in [1.29, 1.82) is 0 Å². The van der Waals surface area contributed by atoms with E-state index >= 15 is 0 Å². The molecule has 4 rings (SSSR count). The molecule has 2 unspecified atom stereocenters. The van der Waals surface area contributed by atoms with Crippen LogP contribution in [0.25, 0.3) is 0 Å². The molecule has 4 heteroatoms. The van der Waals surface area contributed by atoms with Crippen molar-refractivity contribution in [2.75, 3.05) is 6.54 Å². The molecule has 21 heavy (non-hydrogen) atoms. The van der Waals surface area contributed by atoms with E-state index in [9.17, 15) is 0 Å². The van der Waals surface area contributed by atoms with Crippen LogP contribution in [-0.2, 0) is 19.9 Å². The molecule has 1 N–H and O–H groups in total. The van der Waals surface area contributed by atoms with Crippen LogP contribution in [0.2, 0.25) is 5.02 Å². The molecule has 3 aliphatic carbocycles. The summed E-state index contributed by atoms with van der Waals surface area (Å²) in [5, 5.41) is 9.31. The first-order valence-electron chi connectivity index (χ1n) is 8.54. The van der Waals surface area contributed by atoms with Gasteiger partial charge in [-0.25, -0.2) is 0 Å². The molecule has 0 amide bonds. The van der Waals surface area contributed by atoms with Crippen molar-refractivity contribution in [3.05, 3.63) is 16.4 Å². The molecular formula is C17H26ClN3. The van der Waals surface area contributed by atoms with Crippen molar-refractivity contribution in [2.45, 2.75) is 57.9 Å². The van der Waals surface area contributed by atoms with E-state index in [1.165, 1.54) is 44.3 Å². The van der Waals surface area contributed by atoms with Gasteiger partial charge < -0.3 is 5.32 Å². The van der Waals surface area contributed by atoms with Crippen molar-refractivity contribution in [2.24, 2.45) is 24.3 Å². The second-order valence-electron chi connectivity index (χ2n) is 7.68. The van der Waals surface area contributed by atoms with Crippen LogP contribution in [0.3, 0.4) is 0 Å². The molecule has 0 aromatic carbocycles. The fourth-order valence-electron chi connectivity index (χ4n) is 4.37. The molecule has 1 heterocycles. The van der Waals surface area contributed by atoms with Gasteiger partial charge in [0.1, 0.15) is 0 Å². The molecule has 1 aromatic rings. The van der Waals surface area contributed by atoms with Gasteiger partial charge in [0.15, 0.2) is 0 Å². The Morgan fingerprint density at radius 1 is 1.33 bits per heavy atom. The van der Waals surface area contributed by atoms with E-state index in [1.54, 1.807) is 0 Å². The predicted octanol–water partition coefficient (Wildman–Crippen LogP) is 3.35. The van der Waals surface area contributed by atoms with Gasteiger partial charge in [-0.2, -0.15) is 5.10 Å². The van der Waals surface area contributed by atoms with E-state index in [1.807, 2.05) is 4.68 Å². The minimum Gasteiger partial charge on any atom is -0.313 e. The lowest BCUT2D eigenvalue weighted by Gasteiger charge is -2.31. The van der Waals surface area contributed by atoms with Gasteiger partial charge in [-0.3, -0.25) is 4.68 Å². The first kappa shape index (κ1) is 14.1. The molecule has 0 saturated heterocycles. The number of nitrogens with zero attached hydrogens (tertiary/aromatic N) is 2. The molecule has 2 atom stereocenters. The number of rotatable bonds is 6. The van der Waals surface area contributed by atoms with Gasteiger partial charge >= 0.3 is 0 Å². The van der Waals surface area contributed by atoms with E-state index in [4.69, 9.17) is 11.6 Å². The smallest absolute Gasteiger partial charge is 0.0849 e. The van der Waals surface area contributed by atoms with E-state index in [2.05, 4.69) is 24.4 Å². The molecule has 0 bridgehead atoms. The molecule has 3 aliphatic rings. The highest BCUT2D eigenvalue weighted by atomic mass is 35.5. The molecule has 116 valence electrons. The molecule has 3 saturated carbocycles. The first-order valence-corrected chi connectivity index (χ1v) is 8.91. The SMILES string of the molecule is CCc1nn(C)c(CC2(CNC3CC3)CC3CC3C2)c1Cl. The second kappa shape index (κ2) is 4.99. The monoisotopic (exact) mass is 307 g/mol. The number of hydrogen-bond acceptors (Lipinski definition) is 2. The van der Waals surface area contributed by atoms with Crippen molar-refractivity contribution in [3.63, 3.8) is 0 Å². The standard InChI is InChI=1S/C17H26ClN3/c1-3-14-16(18)15(21(2)20-14)9-17(10-19-13-4-5-13)7-11-6-12(11)8-17/h11-13,19H,3-10H2,1-2H3. The van der Waals surface area contributed by atoms with Crippen LogP contribution in [0.4, 0.5) is 0 Å². The van der Waals surface area contributed by atoms with Gasteiger partial charge in [0.05, 0.1) is 16.4 Å². The lowest BCUT2D eigenvalue weighted by Crippen LogP contribution is -2.36. The summed E-state index contributed by atoms with van der Waals surface area (Å²) in [4.78, 5) is 0. The number of fused-ring (bicyclic) bond motifs is 1. The third-order valence-corrected chi connectivity index (χ3v) is 6.28. The van der Waals surface area contributed by atoms with Crippen LogP contribution >= 0.6 is 11.6 Å². The van der Waals surface area contributed by atoms with Crippen molar-refractivity contribution < 1.29 is 0 Å². The Kier molecular flexibility index (Phi) is 3.34. The number of hydrogen-bond donors (Lipinski definition) is 1. The van der Waals surface area contributed by atoms with Crippen LogP contribution in [-0.4, -0.2) is 22.4 Å². The maximum atomic E-state index is 6.59. The van der Waals surface area contributed by atoms with Gasteiger partial charge in [0.25, 0.3) is 0 Å². The molecule has 3 fully saturated rings. The third kappa shape index (κ3) is 2.63. The highest BCUT2D eigenvalue weighted by molar-refractivity contribution is 6.31. The number of halogens is 1. The summed E-state index contributed by atoms with van der Waals surface area (Å²) in [6, 6.07) is 0.798. The summed E-state index contributed by atoms with van der Waals surface area (Å²) in [6.07, 6.45) is 9.02. The summed E-state index contributed by atoms with van der Waals surface area (Å²) in [5.74, 6) is 2.01. The van der Waals surface area contributed by atoms with Crippen LogP contribution in [0.1, 0.15) is 50.4 Å². The average Bonchev–Trinajstić information content (AvgIpc) is 3.38. The fourth-order valence-corrected chi connectivity index (χ4v) is 4.73. The summed E-state index contributed by atoms with van der Waals surface area (Å²) in [5.41, 5.74) is 2.74. The van der Waals surface area contributed by atoms with E-state index in [0.717, 1.165) is 41.4 Å². The Balaban J connectivity index is 1.55. The first-order chi connectivity index (χ1) is 10.1. The number of aromatic nitrogens is 2. The van der Waals surface area contributed by atoms with Gasteiger partial charge in [0, 0.05) is 19.6 Å². The average molecular weight is 308 g/mol. The summed E-state index contributed by atoms with van der Waals surface area (Å²) in [6.45, 7) is 3.31. The fraction of sp³-hybridized carbons (Fsp3) is 0.824. The van der Waals surface area contributed by atoms with E-state index in [0.29, 0.717) is 5.41 Å². The zero-order valence-electron chi connectivity index (χ0n) is 13.2. The van der Waals surface area contributed by atoms with Crippen molar-refractivity contribution >= 4 is 11.6 Å². The van der Waals surface area contributed by atoms with Crippen LogP contribution in [0.15, 0.2) is 0 Å². The topological polar surface area (TPSA) is 29.9 Å². The molecule has 3 nitrogen and oxygen atoms in total. The molecule has 0 spiro atoms. The highest BCUT2D eigenvalue weighted by Gasteiger charge is 2.54. The zero-order chi connectivity index (χ0) is 14.6. The maximum absolute atomic E-state index is 6.59. The summed E-state index contributed by atoms with van der Waals surface area (Å²) < 4.78 is 2.03. The minimum absolute atomic E-state index is 0.429. The molecule has 1 aromatic heterocycles. The largest absolute Gasteiger partial charge is 0.313 e. The lowest BCUT2D eigenvalue weighted by atomic mass is 9.78. The molecule has 0 aliphatic heterocycles. The van der Waals surface area contributed by atoms with Crippen molar-refractivity contribution in [3.8, 4) is 0 Å². The Bertz CT molecular complexity index is 536. The van der Waals surface area contributed by atoms with E-state index < -0.39 is 0 Å². The zero-order valence-corrected chi connectivity index (χ0v) is 13.9. The Hall–Kier alpha value is -0.540. The normalized spacial score (nSPS) is 34.2. The summed E-state index contributed by atoms with van der Waals surface area (Å²) >= 11 is 6.59. The number of nitrogens with one attached hydrogen (secondary N) is 1. The van der Waals surface area contributed by atoms with E-state index in [-0.39, 0.29) is 0 Å². The van der Waals surface area contributed by atoms with Gasteiger partial charge in [-0.1, -0.05) is 18.5 Å². The van der Waals surface area contributed by atoms with Gasteiger partial charge in [-0.05, 0) is 62.2 Å². The quantitative estimate of drug-likeness (QED) is 0.873. The highest BCUT2D eigenvalue weighted by Crippen LogP contribution is 2.61. The van der Waals surface area contributed by atoms with Gasteiger partial charge in [0.2, 0.25) is 0 Å². The lowest BCUT2D eigenvalue weighted by molar-refractivity contribution is 0.242. The summed E-state index contributed by atoms with van der Waals surface area (Å²) in [7, 11) is 2.05. The second-order valence-corrected chi connectivity index (χ2v) is 8.06. The Morgan fingerprint density at radius 3 is 2.62 bits per heavy atom. The van der Waals surface area contributed by atoms with Crippen LogP contribution in [0.5, 0.6) is 0 Å². The number of aryl methyl sites for hydroxylation is 2. The molecule has 0 radical (unpaired) electrons.